The van der Waals surface area contributed by atoms with Gasteiger partial charge in [-0.25, -0.2) is 9.78 Å². The number of aromatic nitrogens is 5. The van der Waals surface area contributed by atoms with Gasteiger partial charge in [-0.3, -0.25) is 9.59 Å². The summed E-state index contributed by atoms with van der Waals surface area (Å²) in [6.45, 7) is 8.67. The molecule has 3 heterocycles. The summed E-state index contributed by atoms with van der Waals surface area (Å²) in [5.74, 6) is 0.684. The third kappa shape index (κ3) is 10.3. The summed E-state index contributed by atoms with van der Waals surface area (Å²) in [6, 6.07) is 16.0. The second kappa shape index (κ2) is 17.2. The number of H-pyrrole nitrogens is 1. The van der Waals surface area contributed by atoms with E-state index in [9.17, 15) is 14.4 Å². The molecule has 1 aliphatic heterocycles. The molecular formula is C38H46ClN9O5. The molecule has 2 aromatic carbocycles. The average Bonchev–Trinajstić information content (AvgIpc) is 3.70. The Balaban J connectivity index is 1.12. The number of hydrogen-bond acceptors (Lipinski definition) is 10. The van der Waals surface area contributed by atoms with Crippen LogP contribution in [0.1, 0.15) is 52.0 Å². The maximum Gasteiger partial charge on any atom is 0.407 e. The molecule has 2 aliphatic rings. The smallest absolute Gasteiger partial charge is 0.407 e. The van der Waals surface area contributed by atoms with Crippen LogP contribution in [0.3, 0.4) is 0 Å². The Hall–Kier alpha value is -5.08. The van der Waals surface area contributed by atoms with Gasteiger partial charge in [-0.1, -0.05) is 35.9 Å². The van der Waals surface area contributed by atoms with E-state index in [1.54, 1.807) is 30.5 Å². The van der Waals surface area contributed by atoms with Crippen molar-refractivity contribution in [1.82, 2.24) is 36.2 Å². The number of halogens is 1. The number of rotatable bonds is 11. The predicted octanol–water partition coefficient (Wildman–Crippen LogP) is 5.42. The molecule has 1 atom stereocenters. The first-order valence-corrected chi connectivity index (χ1v) is 18.4. The summed E-state index contributed by atoms with van der Waals surface area (Å²) in [4.78, 5) is 46.3. The second-order valence-electron chi connectivity index (χ2n) is 14.5. The van der Waals surface area contributed by atoms with E-state index >= 15 is 0 Å². The van der Waals surface area contributed by atoms with Crippen LogP contribution in [0.2, 0.25) is 5.02 Å². The third-order valence-electron chi connectivity index (χ3n) is 9.43. The van der Waals surface area contributed by atoms with Gasteiger partial charge >= 0.3 is 6.09 Å². The fraction of sp³-hybridized carbons (Fsp3) is 0.447. The van der Waals surface area contributed by atoms with Crippen LogP contribution in [0.25, 0.3) is 22.5 Å². The van der Waals surface area contributed by atoms with Gasteiger partial charge in [-0.2, -0.15) is 5.21 Å². The lowest BCUT2D eigenvalue weighted by molar-refractivity contribution is -0.130. The Bertz CT molecular complexity index is 1840. The zero-order valence-electron chi connectivity index (χ0n) is 30.2. The molecule has 0 spiro atoms. The molecular weight excluding hydrogens is 698 g/mol. The molecule has 15 heteroatoms. The zero-order valence-corrected chi connectivity index (χ0v) is 31.0. The fourth-order valence-electron chi connectivity index (χ4n) is 6.59. The van der Waals surface area contributed by atoms with Gasteiger partial charge in [0.1, 0.15) is 17.5 Å². The Morgan fingerprint density at radius 1 is 0.981 bits per heavy atom. The van der Waals surface area contributed by atoms with Crippen molar-refractivity contribution >= 4 is 41.0 Å². The highest BCUT2D eigenvalue weighted by Crippen LogP contribution is 2.35. The number of morpholine rings is 1. The summed E-state index contributed by atoms with van der Waals surface area (Å²) >= 11 is 6.87. The number of ether oxygens (including phenoxy) is 2. The topological polar surface area (TPSA) is 176 Å². The number of tetrazole rings is 1. The number of amides is 3. The number of carbonyl (C=O) groups excluding carboxylic acids is 3. The van der Waals surface area contributed by atoms with E-state index in [4.69, 9.17) is 21.1 Å². The number of benzene rings is 2. The molecule has 1 saturated heterocycles. The number of anilines is 2. The van der Waals surface area contributed by atoms with Crippen molar-refractivity contribution in [3.8, 4) is 22.5 Å². The Morgan fingerprint density at radius 3 is 2.34 bits per heavy atom. The molecule has 53 heavy (non-hydrogen) atoms. The van der Waals surface area contributed by atoms with E-state index in [1.807, 2.05) is 51.1 Å². The van der Waals surface area contributed by atoms with Gasteiger partial charge in [0.05, 0.1) is 18.2 Å². The van der Waals surface area contributed by atoms with Crippen molar-refractivity contribution in [2.75, 3.05) is 43.1 Å². The number of carbonyl (C=O) groups is 3. The molecule has 4 aromatic rings. The summed E-state index contributed by atoms with van der Waals surface area (Å²) < 4.78 is 10.8. The van der Waals surface area contributed by atoms with Crippen LogP contribution < -0.4 is 20.9 Å². The quantitative estimate of drug-likeness (QED) is 0.155. The Morgan fingerprint density at radius 2 is 1.68 bits per heavy atom. The molecule has 4 N–H and O–H groups in total. The van der Waals surface area contributed by atoms with Gasteiger partial charge in [0.25, 0.3) is 0 Å². The first kappa shape index (κ1) is 37.7. The number of hydrogen-bond donors (Lipinski definition) is 4. The first-order valence-electron chi connectivity index (χ1n) is 18.0. The lowest BCUT2D eigenvalue weighted by Crippen LogP contribution is -2.48. The highest BCUT2D eigenvalue weighted by atomic mass is 35.5. The maximum atomic E-state index is 13.8. The minimum atomic E-state index is -0.839. The van der Waals surface area contributed by atoms with Crippen molar-refractivity contribution in [1.29, 1.82) is 0 Å². The molecule has 2 aromatic heterocycles. The minimum Gasteiger partial charge on any atom is -0.444 e. The molecule has 0 bridgehead atoms. The maximum absolute atomic E-state index is 13.8. The summed E-state index contributed by atoms with van der Waals surface area (Å²) in [5, 5.41) is 23.5. The molecule has 280 valence electrons. The minimum absolute atomic E-state index is 0.160. The monoisotopic (exact) mass is 743 g/mol. The average molecular weight is 744 g/mol. The SMILES string of the molecule is CC(C)(C)OC(=O)NCC1CCC(C(=O)N[C@@H](Cc2ccc(-c3ccnc(N4CCOCC4)c3Cl)cc2)C(=O)Nc2ccc(-c3nn[nH]n3)cc2)CC1. The molecule has 3 amide bonds. The number of nitrogens with one attached hydrogen (secondary N) is 4. The van der Waals surface area contributed by atoms with E-state index in [-0.39, 0.29) is 30.1 Å². The highest BCUT2D eigenvalue weighted by Gasteiger charge is 2.30. The van der Waals surface area contributed by atoms with E-state index in [0.717, 1.165) is 54.0 Å². The summed E-state index contributed by atoms with van der Waals surface area (Å²) in [7, 11) is 0. The van der Waals surface area contributed by atoms with Crippen LogP contribution in [0.5, 0.6) is 0 Å². The van der Waals surface area contributed by atoms with Crippen molar-refractivity contribution < 1.29 is 23.9 Å². The van der Waals surface area contributed by atoms with Crippen molar-refractivity contribution in [2.45, 2.75) is 64.5 Å². The fourth-order valence-corrected chi connectivity index (χ4v) is 6.93. The van der Waals surface area contributed by atoms with Crippen LogP contribution in [-0.2, 0) is 25.5 Å². The lowest BCUT2D eigenvalue weighted by atomic mass is 9.81. The van der Waals surface area contributed by atoms with Crippen molar-refractivity contribution in [3.05, 3.63) is 71.4 Å². The molecule has 6 rings (SSSR count). The number of pyridine rings is 1. The first-order chi connectivity index (χ1) is 25.5. The number of alkyl carbamates (subject to hydrolysis) is 1. The molecule has 2 fully saturated rings. The highest BCUT2D eigenvalue weighted by molar-refractivity contribution is 6.35. The number of aromatic amines is 1. The van der Waals surface area contributed by atoms with E-state index in [2.05, 4.69) is 46.5 Å². The largest absolute Gasteiger partial charge is 0.444 e. The van der Waals surface area contributed by atoms with Gasteiger partial charge in [-0.05, 0) is 99.0 Å². The molecule has 0 unspecified atom stereocenters. The normalized spacial score (nSPS) is 18.2. The number of nitrogens with zero attached hydrogens (tertiary/aromatic N) is 5. The third-order valence-corrected chi connectivity index (χ3v) is 9.80. The van der Waals surface area contributed by atoms with Crippen LogP contribution in [-0.4, -0.2) is 88.0 Å². The van der Waals surface area contributed by atoms with Gasteiger partial charge in [-0.15, -0.1) is 10.2 Å². The van der Waals surface area contributed by atoms with Crippen LogP contribution in [0.15, 0.2) is 60.8 Å². The lowest BCUT2D eigenvalue weighted by Gasteiger charge is -2.29. The van der Waals surface area contributed by atoms with Gasteiger partial charge < -0.3 is 30.3 Å². The van der Waals surface area contributed by atoms with Gasteiger partial charge in [0.2, 0.25) is 17.6 Å². The molecule has 1 aliphatic carbocycles. The van der Waals surface area contributed by atoms with E-state index in [0.29, 0.717) is 49.1 Å². The Kier molecular flexibility index (Phi) is 12.2. The van der Waals surface area contributed by atoms with E-state index in [1.165, 1.54) is 0 Å². The van der Waals surface area contributed by atoms with Crippen molar-refractivity contribution in [3.63, 3.8) is 0 Å². The molecule has 0 radical (unpaired) electrons. The van der Waals surface area contributed by atoms with Gasteiger partial charge in [0, 0.05) is 55.0 Å². The zero-order chi connectivity index (χ0) is 37.4. The molecule has 14 nitrogen and oxygen atoms in total. The van der Waals surface area contributed by atoms with Crippen molar-refractivity contribution in [2.24, 2.45) is 11.8 Å². The van der Waals surface area contributed by atoms with Gasteiger partial charge in [0.15, 0.2) is 0 Å². The Labute approximate surface area is 313 Å². The predicted molar refractivity (Wildman–Crippen MR) is 201 cm³/mol. The standard InChI is InChI=1S/C38H46ClN9O5/c1-38(2,3)53-37(51)41-23-25-6-10-28(11-7-25)35(49)43-31(36(50)42-29-14-12-27(13-15-29)33-44-46-47-45-33)22-24-4-8-26(9-5-24)30-16-17-40-34(32(30)39)48-18-20-52-21-19-48/h4-5,8-9,12-17,25,28,31H,6-7,10-11,18-23H2,1-3H3,(H,41,51)(H,42,50)(H,43,49)(H,44,45,46,47)/t25?,28?,31-/m0/s1. The van der Waals surface area contributed by atoms with Crippen LogP contribution in [0, 0.1) is 11.8 Å². The van der Waals surface area contributed by atoms with Crippen LogP contribution in [0.4, 0.5) is 16.3 Å². The van der Waals surface area contributed by atoms with E-state index < -0.39 is 17.7 Å². The second-order valence-corrected chi connectivity index (χ2v) is 14.8. The van der Waals surface area contributed by atoms with Crippen LogP contribution >= 0.6 is 11.6 Å². The molecule has 1 saturated carbocycles. The summed E-state index contributed by atoms with van der Waals surface area (Å²) in [5.41, 5.74) is 3.39. The summed E-state index contributed by atoms with van der Waals surface area (Å²) in [6.07, 6.45) is 4.48.